The zero-order valence-corrected chi connectivity index (χ0v) is 16.5. The first kappa shape index (κ1) is 19.0. The molecule has 2 aliphatic rings. The van der Waals surface area contributed by atoms with Gasteiger partial charge in [-0.05, 0) is 30.5 Å². The molecule has 0 spiro atoms. The highest BCUT2D eigenvalue weighted by atomic mass is 35.5. The van der Waals surface area contributed by atoms with Crippen molar-refractivity contribution in [2.24, 2.45) is 0 Å². The molecule has 27 heavy (non-hydrogen) atoms. The van der Waals surface area contributed by atoms with E-state index in [1.54, 1.807) is 17.8 Å². The molecule has 2 saturated heterocycles. The minimum atomic E-state index is -0.329. The monoisotopic (exact) mass is 412 g/mol. The quantitative estimate of drug-likeness (QED) is 0.678. The summed E-state index contributed by atoms with van der Waals surface area (Å²) in [4.78, 5) is 2.21. The third-order valence-corrected chi connectivity index (χ3v) is 6.14. The summed E-state index contributed by atoms with van der Waals surface area (Å²) < 4.78 is 26.7. The van der Waals surface area contributed by atoms with Crippen LogP contribution in [0.1, 0.15) is 18.4 Å². The Kier molecular flexibility index (Phi) is 6.17. The molecule has 0 radical (unpaired) electrons. The zero-order chi connectivity index (χ0) is 18.6. The summed E-state index contributed by atoms with van der Waals surface area (Å²) >= 11 is 7.72. The summed E-state index contributed by atoms with van der Waals surface area (Å²) in [6.07, 6.45) is 2.33. The van der Waals surface area contributed by atoms with Crippen LogP contribution in [0.25, 0.3) is 0 Å². The molecule has 0 N–H and O–H groups in total. The van der Waals surface area contributed by atoms with Gasteiger partial charge in [0.1, 0.15) is 5.82 Å². The van der Waals surface area contributed by atoms with Gasteiger partial charge >= 0.3 is 0 Å². The first-order valence-corrected chi connectivity index (χ1v) is 10.5. The molecule has 1 aromatic carbocycles. The molecule has 0 bridgehead atoms. The van der Waals surface area contributed by atoms with E-state index in [4.69, 9.17) is 21.1 Å². The van der Waals surface area contributed by atoms with Crippen molar-refractivity contribution in [3.8, 4) is 0 Å². The van der Waals surface area contributed by atoms with Gasteiger partial charge in [-0.25, -0.2) is 4.39 Å². The lowest BCUT2D eigenvalue weighted by atomic mass is 10.2. The molecule has 0 saturated carbocycles. The summed E-state index contributed by atoms with van der Waals surface area (Å²) in [5.41, 5.74) is 0.877. The molecule has 0 aliphatic carbocycles. The fourth-order valence-electron chi connectivity index (χ4n) is 3.32. The lowest BCUT2D eigenvalue weighted by molar-refractivity contribution is 0.0942. The second-order valence-electron chi connectivity index (χ2n) is 6.65. The molecule has 2 aliphatic heterocycles. The number of thioether (sulfide) groups is 1. The van der Waals surface area contributed by atoms with Gasteiger partial charge in [0.05, 0.1) is 25.9 Å². The van der Waals surface area contributed by atoms with E-state index in [1.165, 1.54) is 12.1 Å². The van der Waals surface area contributed by atoms with Crippen molar-refractivity contribution in [1.29, 1.82) is 0 Å². The van der Waals surface area contributed by atoms with Gasteiger partial charge < -0.3 is 14.4 Å². The van der Waals surface area contributed by atoms with E-state index in [9.17, 15) is 4.39 Å². The molecule has 3 heterocycles. The van der Waals surface area contributed by atoms with Gasteiger partial charge in [0, 0.05) is 30.5 Å². The highest BCUT2D eigenvalue weighted by molar-refractivity contribution is 7.98. The third-order valence-electron chi connectivity index (χ3n) is 4.77. The Morgan fingerprint density at radius 3 is 2.81 bits per heavy atom. The van der Waals surface area contributed by atoms with Crippen LogP contribution in [0.5, 0.6) is 0 Å². The van der Waals surface area contributed by atoms with Gasteiger partial charge in [-0.3, -0.25) is 4.57 Å². The maximum Gasteiger partial charge on any atom is 0.228 e. The van der Waals surface area contributed by atoms with Gasteiger partial charge in [-0.1, -0.05) is 29.4 Å². The number of morpholine rings is 1. The molecule has 1 atom stereocenters. The van der Waals surface area contributed by atoms with Crippen LogP contribution in [0.15, 0.2) is 23.4 Å². The standard InChI is InChI=1S/C18H22ClFN4O2S/c19-16-10-14(20)4-3-13(16)12-27-18-22-21-17(23-5-8-25-9-6-23)24(18)11-15-2-1-7-26-15/h3-4,10,15H,1-2,5-9,11-12H2. The first-order valence-electron chi connectivity index (χ1n) is 9.15. The number of hydrogen-bond donors (Lipinski definition) is 0. The molecule has 6 nitrogen and oxygen atoms in total. The van der Waals surface area contributed by atoms with E-state index in [2.05, 4.69) is 19.7 Å². The number of aromatic nitrogens is 3. The lowest BCUT2D eigenvalue weighted by Gasteiger charge is -2.28. The molecular formula is C18H22ClFN4O2S. The summed E-state index contributed by atoms with van der Waals surface area (Å²) in [6.45, 7) is 4.55. The third kappa shape index (κ3) is 4.56. The molecular weight excluding hydrogens is 391 g/mol. The van der Waals surface area contributed by atoms with Crippen LogP contribution < -0.4 is 4.90 Å². The van der Waals surface area contributed by atoms with E-state index in [-0.39, 0.29) is 11.9 Å². The summed E-state index contributed by atoms with van der Waals surface area (Å²) in [6, 6.07) is 4.49. The minimum absolute atomic E-state index is 0.189. The Bertz CT molecular complexity index is 779. The molecule has 0 amide bonds. The normalized spacial score (nSPS) is 20.4. The van der Waals surface area contributed by atoms with Crippen molar-refractivity contribution in [1.82, 2.24) is 14.8 Å². The van der Waals surface area contributed by atoms with Crippen LogP contribution >= 0.6 is 23.4 Å². The Morgan fingerprint density at radius 2 is 2.07 bits per heavy atom. The van der Waals surface area contributed by atoms with Gasteiger partial charge in [-0.15, -0.1) is 10.2 Å². The van der Waals surface area contributed by atoms with Crippen molar-refractivity contribution < 1.29 is 13.9 Å². The summed E-state index contributed by atoms with van der Waals surface area (Å²) in [7, 11) is 0. The SMILES string of the molecule is Fc1ccc(CSc2nnc(N3CCOCC3)n2CC2CCCO2)c(Cl)c1. The van der Waals surface area contributed by atoms with Crippen molar-refractivity contribution in [3.63, 3.8) is 0 Å². The number of anilines is 1. The first-order chi connectivity index (χ1) is 13.2. The largest absolute Gasteiger partial charge is 0.378 e. The highest BCUT2D eigenvalue weighted by Gasteiger charge is 2.25. The predicted octanol–water partition coefficient (Wildman–Crippen LogP) is 3.38. The van der Waals surface area contributed by atoms with E-state index < -0.39 is 0 Å². The molecule has 4 rings (SSSR count). The van der Waals surface area contributed by atoms with Crippen molar-refractivity contribution in [2.75, 3.05) is 37.8 Å². The average molecular weight is 413 g/mol. The number of ether oxygens (including phenoxy) is 2. The molecule has 2 fully saturated rings. The van der Waals surface area contributed by atoms with Gasteiger partial charge in [0.25, 0.3) is 0 Å². The Hall–Kier alpha value is -1.35. The Balaban J connectivity index is 1.53. The smallest absolute Gasteiger partial charge is 0.228 e. The van der Waals surface area contributed by atoms with Crippen LogP contribution in [0, 0.1) is 5.82 Å². The fraction of sp³-hybridized carbons (Fsp3) is 0.556. The maximum atomic E-state index is 13.3. The second-order valence-corrected chi connectivity index (χ2v) is 8.00. The number of nitrogens with zero attached hydrogens (tertiary/aromatic N) is 4. The van der Waals surface area contributed by atoms with E-state index in [1.807, 2.05) is 0 Å². The molecule has 9 heteroatoms. The fourth-order valence-corrected chi connectivity index (χ4v) is 4.58. The Morgan fingerprint density at radius 1 is 1.22 bits per heavy atom. The number of benzene rings is 1. The lowest BCUT2D eigenvalue weighted by Crippen LogP contribution is -2.38. The van der Waals surface area contributed by atoms with Gasteiger partial charge in [-0.2, -0.15) is 0 Å². The summed E-state index contributed by atoms with van der Waals surface area (Å²) in [5, 5.41) is 10.1. The van der Waals surface area contributed by atoms with E-state index >= 15 is 0 Å². The molecule has 1 unspecified atom stereocenters. The van der Waals surface area contributed by atoms with Crippen LogP contribution in [-0.4, -0.2) is 53.8 Å². The van der Waals surface area contributed by atoms with Crippen LogP contribution in [0.4, 0.5) is 10.3 Å². The predicted molar refractivity (Wildman–Crippen MR) is 103 cm³/mol. The average Bonchev–Trinajstić information content (AvgIpc) is 3.32. The van der Waals surface area contributed by atoms with Crippen LogP contribution in [0.2, 0.25) is 5.02 Å². The second kappa shape index (κ2) is 8.77. The van der Waals surface area contributed by atoms with E-state index in [0.717, 1.165) is 55.8 Å². The number of hydrogen-bond acceptors (Lipinski definition) is 6. The van der Waals surface area contributed by atoms with E-state index in [0.29, 0.717) is 24.0 Å². The number of halogens is 2. The molecule has 146 valence electrons. The Labute approximate surface area is 167 Å². The highest BCUT2D eigenvalue weighted by Crippen LogP contribution is 2.30. The van der Waals surface area contributed by atoms with Crippen molar-refractivity contribution >= 4 is 29.3 Å². The number of rotatable bonds is 6. The molecule has 1 aromatic heterocycles. The van der Waals surface area contributed by atoms with Gasteiger partial charge in [0.2, 0.25) is 5.95 Å². The van der Waals surface area contributed by atoms with Crippen molar-refractivity contribution in [3.05, 3.63) is 34.6 Å². The molecule has 2 aromatic rings. The van der Waals surface area contributed by atoms with Gasteiger partial charge in [0.15, 0.2) is 5.16 Å². The zero-order valence-electron chi connectivity index (χ0n) is 14.9. The maximum absolute atomic E-state index is 13.3. The summed E-state index contributed by atoms with van der Waals surface area (Å²) in [5.74, 6) is 1.14. The minimum Gasteiger partial charge on any atom is -0.378 e. The van der Waals surface area contributed by atoms with Crippen molar-refractivity contribution in [2.45, 2.75) is 36.4 Å². The topological polar surface area (TPSA) is 52.4 Å². The van der Waals surface area contributed by atoms with Crippen LogP contribution in [0.3, 0.4) is 0 Å². The van der Waals surface area contributed by atoms with Crippen LogP contribution in [-0.2, 0) is 21.8 Å².